The van der Waals surface area contributed by atoms with Gasteiger partial charge in [0.05, 0.1) is 16.1 Å². The van der Waals surface area contributed by atoms with Crippen molar-refractivity contribution in [2.24, 2.45) is 5.92 Å². The lowest BCUT2D eigenvalue weighted by atomic mass is 10.1. The third-order valence-corrected chi connectivity index (χ3v) is 5.87. The predicted molar refractivity (Wildman–Crippen MR) is 108 cm³/mol. The van der Waals surface area contributed by atoms with Gasteiger partial charge in [0.25, 0.3) is 0 Å². The Kier molecular flexibility index (Phi) is 4.66. The fraction of sp³-hybridized carbons (Fsp3) is 0.286. The minimum atomic E-state index is -0.337. The van der Waals surface area contributed by atoms with E-state index >= 15 is 0 Å². The number of rotatable bonds is 4. The first-order valence-corrected chi connectivity index (χ1v) is 9.81. The Bertz CT molecular complexity index is 1010. The molecule has 1 aliphatic rings. The Hall–Kier alpha value is -2.73. The Morgan fingerprint density at radius 2 is 2.00 bits per heavy atom. The van der Waals surface area contributed by atoms with Gasteiger partial charge in [-0.2, -0.15) is 0 Å². The number of hydrogen-bond acceptors (Lipinski definition) is 4. The van der Waals surface area contributed by atoms with Crippen LogP contribution in [0, 0.1) is 19.8 Å². The van der Waals surface area contributed by atoms with E-state index in [1.807, 2.05) is 56.3 Å². The number of likely N-dealkylation sites (tertiary alicyclic amines) is 1. The van der Waals surface area contributed by atoms with Crippen LogP contribution >= 0.6 is 11.3 Å². The maximum absolute atomic E-state index is 12.6. The zero-order valence-corrected chi connectivity index (χ0v) is 16.2. The van der Waals surface area contributed by atoms with Gasteiger partial charge < -0.3 is 10.2 Å². The molecule has 1 aliphatic heterocycles. The summed E-state index contributed by atoms with van der Waals surface area (Å²) in [5.41, 5.74) is 4.28. The second-order valence-corrected chi connectivity index (χ2v) is 8.12. The molecule has 6 heteroatoms. The van der Waals surface area contributed by atoms with Gasteiger partial charge in [-0.25, -0.2) is 4.98 Å². The molecule has 1 unspecified atom stereocenters. The second kappa shape index (κ2) is 7.12. The molecule has 27 heavy (non-hydrogen) atoms. The molecule has 2 heterocycles. The molecular weight excluding hydrogens is 358 g/mol. The van der Waals surface area contributed by atoms with Gasteiger partial charge in [-0.15, -0.1) is 0 Å². The van der Waals surface area contributed by atoms with E-state index < -0.39 is 0 Å². The van der Waals surface area contributed by atoms with Crippen LogP contribution in [0.5, 0.6) is 0 Å². The van der Waals surface area contributed by atoms with Crippen LogP contribution in [0.15, 0.2) is 42.5 Å². The summed E-state index contributed by atoms with van der Waals surface area (Å²) in [5.74, 6) is -0.446. The van der Waals surface area contributed by atoms with E-state index in [-0.39, 0.29) is 24.2 Å². The zero-order chi connectivity index (χ0) is 19.0. The van der Waals surface area contributed by atoms with Crippen LogP contribution in [-0.2, 0) is 16.1 Å². The van der Waals surface area contributed by atoms with E-state index in [0.717, 1.165) is 21.3 Å². The molecule has 138 valence electrons. The highest BCUT2D eigenvalue weighted by Crippen LogP contribution is 2.29. The van der Waals surface area contributed by atoms with Crippen molar-refractivity contribution in [2.75, 3.05) is 11.9 Å². The number of thiazole rings is 1. The lowest BCUT2D eigenvalue weighted by Crippen LogP contribution is -2.28. The van der Waals surface area contributed by atoms with Crippen molar-refractivity contribution in [3.8, 4) is 0 Å². The molecule has 1 saturated heterocycles. The summed E-state index contributed by atoms with van der Waals surface area (Å²) in [5, 5.41) is 3.49. The van der Waals surface area contributed by atoms with Gasteiger partial charge in [0.2, 0.25) is 11.8 Å². The van der Waals surface area contributed by atoms with Gasteiger partial charge in [-0.05, 0) is 31.0 Å². The summed E-state index contributed by atoms with van der Waals surface area (Å²) in [7, 11) is 0. The summed E-state index contributed by atoms with van der Waals surface area (Å²) in [6.45, 7) is 5.03. The monoisotopic (exact) mass is 379 g/mol. The molecule has 0 spiro atoms. The van der Waals surface area contributed by atoms with Crippen molar-refractivity contribution in [1.82, 2.24) is 9.88 Å². The number of amides is 2. The fourth-order valence-electron chi connectivity index (χ4n) is 3.36. The van der Waals surface area contributed by atoms with Gasteiger partial charge in [0.15, 0.2) is 5.13 Å². The van der Waals surface area contributed by atoms with E-state index in [1.54, 1.807) is 4.90 Å². The van der Waals surface area contributed by atoms with E-state index in [2.05, 4.69) is 10.3 Å². The molecule has 3 aromatic rings. The minimum absolute atomic E-state index is 0.0240. The van der Waals surface area contributed by atoms with Crippen LogP contribution in [0.1, 0.15) is 23.1 Å². The lowest BCUT2D eigenvalue weighted by molar-refractivity contribution is -0.128. The number of carbonyl (C=O) groups excluding carboxylic acids is 2. The summed E-state index contributed by atoms with van der Waals surface area (Å²) in [4.78, 5) is 31.3. The number of fused-ring (bicyclic) bond motifs is 1. The molecule has 1 aromatic heterocycles. The zero-order valence-electron chi connectivity index (χ0n) is 15.4. The third-order valence-electron chi connectivity index (χ3n) is 4.93. The first-order chi connectivity index (χ1) is 13.0. The van der Waals surface area contributed by atoms with Crippen LogP contribution in [-0.4, -0.2) is 28.2 Å². The molecule has 1 N–H and O–H groups in total. The standard InChI is InChI=1S/C21H21N3O2S/c1-13-6-8-15(9-7-13)11-24-12-16(10-18(24)25)20(26)23-21-22-19-14(2)4-3-5-17(19)27-21/h3-9,16H,10-12H2,1-2H3,(H,22,23,26). The maximum atomic E-state index is 12.6. The average Bonchev–Trinajstić information content (AvgIpc) is 3.21. The first kappa shape index (κ1) is 17.7. The van der Waals surface area contributed by atoms with Gasteiger partial charge in [0.1, 0.15) is 0 Å². The molecule has 2 aromatic carbocycles. The van der Waals surface area contributed by atoms with Crippen molar-refractivity contribution in [1.29, 1.82) is 0 Å². The topological polar surface area (TPSA) is 62.3 Å². The fourth-order valence-corrected chi connectivity index (χ4v) is 4.31. The average molecular weight is 379 g/mol. The van der Waals surface area contributed by atoms with Gasteiger partial charge in [-0.1, -0.05) is 53.3 Å². The van der Waals surface area contributed by atoms with Crippen molar-refractivity contribution in [3.05, 3.63) is 59.2 Å². The summed E-state index contributed by atoms with van der Waals surface area (Å²) in [6.07, 6.45) is 0.252. The van der Waals surface area contributed by atoms with E-state index in [9.17, 15) is 9.59 Å². The van der Waals surface area contributed by atoms with E-state index in [1.165, 1.54) is 16.9 Å². The second-order valence-electron chi connectivity index (χ2n) is 7.09. The Labute approximate surface area is 162 Å². The SMILES string of the molecule is Cc1ccc(CN2CC(C(=O)Nc3nc4c(C)cccc4s3)CC2=O)cc1. The number of anilines is 1. The van der Waals surface area contributed by atoms with E-state index in [0.29, 0.717) is 18.2 Å². The number of para-hydroxylation sites is 1. The van der Waals surface area contributed by atoms with Crippen LogP contribution in [0.3, 0.4) is 0 Å². The largest absolute Gasteiger partial charge is 0.338 e. The molecule has 1 fully saturated rings. The smallest absolute Gasteiger partial charge is 0.231 e. The van der Waals surface area contributed by atoms with Crippen molar-refractivity contribution in [2.45, 2.75) is 26.8 Å². The number of benzene rings is 2. The molecule has 2 amide bonds. The quantitative estimate of drug-likeness (QED) is 0.748. The number of aromatic nitrogens is 1. The number of nitrogens with one attached hydrogen (secondary N) is 1. The minimum Gasteiger partial charge on any atom is -0.338 e. The highest BCUT2D eigenvalue weighted by atomic mass is 32.1. The van der Waals surface area contributed by atoms with Gasteiger partial charge in [0, 0.05) is 19.5 Å². The van der Waals surface area contributed by atoms with Gasteiger partial charge >= 0.3 is 0 Å². The van der Waals surface area contributed by atoms with Crippen LogP contribution in [0.4, 0.5) is 5.13 Å². The third kappa shape index (κ3) is 3.71. The van der Waals surface area contributed by atoms with Crippen molar-refractivity contribution < 1.29 is 9.59 Å². The molecule has 0 saturated carbocycles. The van der Waals surface area contributed by atoms with Crippen LogP contribution < -0.4 is 5.32 Å². The molecule has 5 nitrogen and oxygen atoms in total. The highest BCUT2D eigenvalue weighted by molar-refractivity contribution is 7.22. The first-order valence-electron chi connectivity index (χ1n) is 9.00. The van der Waals surface area contributed by atoms with Crippen LogP contribution in [0.25, 0.3) is 10.2 Å². The van der Waals surface area contributed by atoms with Gasteiger partial charge in [-0.3, -0.25) is 9.59 Å². The van der Waals surface area contributed by atoms with Crippen LogP contribution in [0.2, 0.25) is 0 Å². The predicted octanol–water partition coefficient (Wildman–Crippen LogP) is 3.90. The molecule has 4 rings (SSSR count). The van der Waals surface area contributed by atoms with Crippen molar-refractivity contribution >= 4 is 38.5 Å². The van der Waals surface area contributed by atoms with E-state index in [4.69, 9.17) is 0 Å². The summed E-state index contributed by atoms with van der Waals surface area (Å²) >= 11 is 1.46. The summed E-state index contributed by atoms with van der Waals surface area (Å²) in [6, 6.07) is 14.1. The number of hydrogen-bond donors (Lipinski definition) is 1. The Balaban J connectivity index is 1.42. The molecule has 1 atom stereocenters. The molecular formula is C21H21N3O2S. The lowest BCUT2D eigenvalue weighted by Gasteiger charge is -2.16. The molecule has 0 aliphatic carbocycles. The Morgan fingerprint density at radius 3 is 2.74 bits per heavy atom. The number of carbonyl (C=O) groups is 2. The van der Waals surface area contributed by atoms with Crippen molar-refractivity contribution in [3.63, 3.8) is 0 Å². The normalized spacial score (nSPS) is 16.9. The summed E-state index contributed by atoms with van der Waals surface area (Å²) < 4.78 is 1.05. The highest BCUT2D eigenvalue weighted by Gasteiger charge is 2.34. The number of aryl methyl sites for hydroxylation is 2. The molecule has 0 bridgehead atoms. The maximum Gasteiger partial charge on any atom is 0.231 e. The molecule has 0 radical (unpaired) electrons. The number of nitrogens with zero attached hydrogens (tertiary/aromatic N) is 2. The Morgan fingerprint density at radius 1 is 1.22 bits per heavy atom.